The number of halogens is 2. The molecule has 0 unspecified atom stereocenters. The van der Waals surface area contributed by atoms with Crippen LogP contribution >= 0.6 is 24.0 Å². The van der Waals surface area contributed by atoms with Gasteiger partial charge in [0.2, 0.25) is 0 Å². The number of nitrogens with zero attached hydrogens (tertiary/aromatic N) is 2. The van der Waals surface area contributed by atoms with Crippen LogP contribution < -0.4 is 5.32 Å². The van der Waals surface area contributed by atoms with Crippen LogP contribution in [0.5, 0.6) is 0 Å². The van der Waals surface area contributed by atoms with Crippen LogP contribution in [0.2, 0.25) is 0 Å². The Balaban J connectivity index is 0.00000400. The normalized spacial score (nSPS) is 11.0. The zero-order chi connectivity index (χ0) is 14.8. The van der Waals surface area contributed by atoms with Gasteiger partial charge in [0.15, 0.2) is 5.96 Å². The number of rotatable bonds is 7. The van der Waals surface area contributed by atoms with E-state index in [-0.39, 0.29) is 29.8 Å². The first-order valence-corrected chi connectivity index (χ1v) is 6.91. The van der Waals surface area contributed by atoms with E-state index in [2.05, 4.69) is 10.3 Å². The minimum atomic E-state index is -0.212. The smallest absolute Gasteiger partial charge is 0.193 e. The lowest BCUT2D eigenvalue weighted by Crippen LogP contribution is -2.39. The number of guanidine groups is 1. The van der Waals surface area contributed by atoms with Crippen molar-refractivity contribution in [3.05, 3.63) is 35.6 Å². The number of nitrogens with one attached hydrogen (secondary N) is 1. The van der Waals surface area contributed by atoms with Gasteiger partial charge < -0.3 is 15.0 Å². The monoisotopic (exact) mass is 409 g/mol. The minimum Gasteiger partial charge on any atom is -0.382 e. The largest absolute Gasteiger partial charge is 0.382 e. The Hall–Kier alpha value is -0.890. The number of aliphatic imine (C=N–C) groups is 1. The van der Waals surface area contributed by atoms with Gasteiger partial charge in [0, 0.05) is 40.4 Å². The van der Waals surface area contributed by atoms with Crippen LogP contribution in [-0.2, 0) is 11.3 Å². The SMILES string of the molecule is CCOCCCNC(=NC)N(C)Cc1cccc(F)c1.I. The molecular formula is C15H25FIN3O. The summed E-state index contributed by atoms with van der Waals surface area (Å²) in [4.78, 5) is 6.19. The number of hydrogen-bond donors (Lipinski definition) is 1. The topological polar surface area (TPSA) is 36.9 Å². The van der Waals surface area contributed by atoms with E-state index in [9.17, 15) is 4.39 Å². The summed E-state index contributed by atoms with van der Waals surface area (Å²) >= 11 is 0. The van der Waals surface area contributed by atoms with E-state index < -0.39 is 0 Å². The highest BCUT2D eigenvalue weighted by Crippen LogP contribution is 2.06. The summed E-state index contributed by atoms with van der Waals surface area (Å²) in [6.45, 7) is 4.89. The van der Waals surface area contributed by atoms with Crippen molar-refractivity contribution in [2.75, 3.05) is 33.9 Å². The Kier molecular flexibility index (Phi) is 11.2. The maximum absolute atomic E-state index is 13.1. The molecule has 120 valence electrons. The summed E-state index contributed by atoms with van der Waals surface area (Å²) in [5.41, 5.74) is 0.921. The first kappa shape index (κ1) is 20.1. The van der Waals surface area contributed by atoms with Gasteiger partial charge in [-0.15, -0.1) is 24.0 Å². The molecule has 0 spiro atoms. The van der Waals surface area contributed by atoms with Gasteiger partial charge in [-0.05, 0) is 31.0 Å². The van der Waals surface area contributed by atoms with Crippen LogP contribution in [0.3, 0.4) is 0 Å². The Morgan fingerprint density at radius 3 is 2.81 bits per heavy atom. The predicted octanol–water partition coefficient (Wildman–Crippen LogP) is 2.88. The first-order valence-electron chi connectivity index (χ1n) is 6.91. The summed E-state index contributed by atoms with van der Waals surface area (Å²) in [5.74, 6) is 0.585. The van der Waals surface area contributed by atoms with E-state index in [4.69, 9.17) is 4.74 Å². The molecule has 0 aliphatic carbocycles. The summed E-state index contributed by atoms with van der Waals surface area (Å²) in [6, 6.07) is 6.61. The average Bonchev–Trinajstić information content (AvgIpc) is 2.42. The molecule has 4 nitrogen and oxygen atoms in total. The Labute approximate surface area is 143 Å². The highest BCUT2D eigenvalue weighted by atomic mass is 127. The molecule has 1 aromatic carbocycles. The van der Waals surface area contributed by atoms with E-state index in [1.807, 2.05) is 24.9 Å². The van der Waals surface area contributed by atoms with Crippen molar-refractivity contribution in [1.29, 1.82) is 0 Å². The minimum absolute atomic E-state index is 0. The third kappa shape index (κ3) is 8.21. The molecule has 0 heterocycles. The second-order valence-electron chi connectivity index (χ2n) is 4.51. The first-order chi connectivity index (χ1) is 9.67. The van der Waals surface area contributed by atoms with Crippen molar-refractivity contribution in [3.63, 3.8) is 0 Å². The number of hydrogen-bond acceptors (Lipinski definition) is 2. The molecule has 1 aromatic rings. The third-order valence-corrected chi connectivity index (χ3v) is 2.83. The standard InChI is InChI=1S/C15H24FN3O.HI/c1-4-20-10-6-9-18-15(17-2)19(3)12-13-7-5-8-14(16)11-13;/h5,7-8,11H,4,6,9-10,12H2,1-3H3,(H,17,18);1H. The van der Waals surface area contributed by atoms with Gasteiger partial charge in [-0.1, -0.05) is 12.1 Å². The van der Waals surface area contributed by atoms with E-state index in [0.717, 1.165) is 37.7 Å². The van der Waals surface area contributed by atoms with Crippen molar-refractivity contribution in [2.24, 2.45) is 4.99 Å². The highest BCUT2D eigenvalue weighted by Gasteiger charge is 2.06. The van der Waals surface area contributed by atoms with Crippen molar-refractivity contribution in [1.82, 2.24) is 10.2 Å². The zero-order valence-corrected chi connectivity index (χ0v) is 15.3. The van der Waals surface area contributed by atoms with E-state index in [0.29, 0.717) is 6.54 Å². The summed E-state index contributed by atoms with van der Waals surface area (Å²) < 4.78 is 18.4. The fraction of sp³-hybridized carbons (Fsp3) is 0.533. The van der Waals surface area contributed by atoms with Crippen LogP contribution in [0, 0.1) is 5.82 Å². The van der Waals surface area contributed by atoms with E-state index in [1.54, 1.807) is 19.2 Å². The zero-order valence-electron chi connectivity index (χ0n) is 12.9. The molecule has 1 N–H and O–H groups in total. The maximum Gasteiger partial charge on any atom is 0.193 e. The molecule has 0 aliphatic rings. The summed E-state index contributed by atoms with van der Waals surface area (Å²) in [7, 11) is 3.68. The Morgan fingerprint density at radius 1 is 1.43 bits per heavy atom. The number of benzene rings is 1. The van der Waals surface area contributed by atoms with Crippen LogP contribution in [0.15, 0.2) is 29.3 Å². The predicted molar refractivity (Wildman–Crippen MR) is 95.8 cm³/mol. The molecule has 0 fully saturated rings. The van der Waals surface area contributed by atoms with Gasteiger partial charge >= 0.3 is 0 Å². The molecule has 6 heteroatoms. The fourth-order valence-electron chi connectivity index (χ4n) is 1.89. The molecule has 0 atom stereocenters. The van der Waals surface area contributed by atoms with E-state index in [1.165, 1.54) is 6.07 Å². The third-order valence-electron chi connectivity index (χ3n) is 2.83. The summed E-state index contributed by atoms with van der Waals surface area (Å²) in [6.07, 6.45) is 0.931. The van der Waals surface area contributed by atoms with Crippen molar-refractivity contribution < 1.29 is 9.13 Å². The maximum atomic E-state index is 13.1. The van der Waals surface area contributed by atoms with Gasteiger partial charge in [-0.3, -0.25) is 4.99 Å². The van der Waals surface area contributed by atoms with Crippen molar-refractivity contribution in [2.45, 2.75) is 19.9 Å². The van der Waals surface area contributed by atoms with Crippen LogP contribution in [0.4, 0.5) is 4.39 Å². The van der Waals surface area contributed by atoms with Gasteiger partial charge in [0.05, 0.1) is 0 Å². The van der Waals surface area contributed by atoms with Gasteiger partial charge in [-0.2, -0.15) is 0 Å². The Morgan fingerprint density at radius 2 is 2.19 bits per heavy atom. The van der Waals surface area contributed by atoms with Crippen LogP contribution in [0.25, 0.3) is 0 Å². The Bertz CT molecular complexity index is 429. The second kappa shape index (κ2) is 11.7. The lowest BCUT2D eigenvalue weighted by molar-refractivity contribution is 0.145. The molecule has 21 heavy (non-hydrogen) atoms. The van der Waals surface area contributed by atoms with Gasteiger partial charge in [0.25, 0.3) is 0 Å². The molecular weight excluding hydrogens is 384 g/mol. The quantitative estimate of drug-likeness (QED) is 0.326. The highest BCUT2D eigenvalue weighted by molar-refractivity contribution is 14.0. The van der Waals surface area contributed by atoms with Crippen molar-refractivity contribution in [3.8, 4) is 0 Å². The second-order valence-corrected chi connectivity index (χ2v) is 4.51. The fourth-order valence-corrected chi connectivity index (χ4v) is 1.89. The molecule has 0 saturated carbocycles. The molecule has 0 aromatic heterocycles. The molecule has 1 rings (SSSR count). The van der Waals surface area contributed by atoms with Gasteiger partial charge in [0.1, 0.15) is 5.82 Å². The molecule has 0 saturated heterocycles. The van der Waals surface area contributed by atoms with Crippen LogP contribution in [-0.4, -0.2) is 44.7 Å². The lowest BCUT2D eigenvalue weighted by Gasteiger charge is -2.22. The number of ether oxygens (including phenoxy) is 1. The molecule has 0 radical (unpaired) electrons. The summed E-state index contributed by atoms with van der Waals surface area (Å²) in [5, 5.41) is 3.27. The lowest BCUT2D eigenvalue weighted by atomic mass is 10.2. The van der Waals surface area contributed by atoms with E-state index >= 15 is 0 Å². The average molecular weight is 409 g/mol. The molecule has 0 aliphatic heterocycles. The molecule has 0 bridgehead atoms. The van der Waals surface area contributed by atoms with Crippen LogP contribution in [0.1, 0.15) is 18.9 Å². The van der Waals surface area contributed by atoms with Crippen molar-refractivity contribution >= 4 is 29.9 Å². The van der Waals surface area contributed by atoms with Gasteiger partial charge in [-0.25, -0.2) is 4.39 Å². The molecule has 0 amide bonds.